The molecule has 1 unspecified atom stereocenters. The minimum absolute atomic E-state index is 0.160. The van der Waals surface area contributed by atoms with Crippen LogP contribution in [0.3, 0.4) is 0 Å². The van der Waals surface area contributed by atoms with E-state index in [9.17, 15) is 4.79 Å². The Kier molecular flexibility index (Phi) is 5.30. The molecule has 0 aliphatic heterocycles. The number of hydrogen-bond donors (Lipinski definition) is 0. The van der Waals surface area contributed by atoms with Crippen LogP contribution in [0.2, 0.25) is 5.15 Å². The average Bonchev–Trinajstić information content (AvgIpc) is 3.12. The molecule has 0 spiro atoms. The number of benzene rings is 3. The summed E-state index contributed by atoms with van der Waals surface area (Å²) in [6, 6.07) is 27.0. The molecule has 0 aliphatic carbocycles. The smallest absolute Gasteiger partial charge is 0.282 e. The van der Waals surface area contributed by atoms with Crippen LogP contribution in [-0.4, -0.2) is 21.1 Å². The minimum atomic E-state index is -0.250. The largest absolute Gasteiger partial charge is 0.497 e. The number of ether oxygens (including phenoxy) is 1. The van der Waals surface area contributed by atoms with Crippen molar-refractivity contribution in [3.63, 3.8) is 0 Å². The summed E-state index contributed by atoms with van der Waals surface area (Å²) in [6.45, 7) is 0. The predicted molar refractivity (Wildman–Crippen MR) is 132 cm³/mol. The summed E-state index contributed by atoms with van der Waals surface area (Å²) in [7, 11) is 4.25. The molecule has 3 aromatic carbocycles. The zero-order valence-electron chi connectivity index (χ0n) is 17.2. The molecule has 5 aromatic rings. The summed E-state index contributed by atoms with van der Waals surface area (Å²) in [5.74, 6) is 0.700. The average molecular weight is 460 g/mol. The SMILES string of the molecule is COc1ccc(-c2c(Cl)nc3c(-c4ccccc4)c(-c4ccccc4)n(P)n3c2=O)cc1. The molecule has 0 bridgehead atoms. The highest BCUT2D eigenvalue weighted by molar-refractivity contribution is 7.14. The van der Waals surface area contributed by atoms with E-state index in [0.717, 1.165) is 22.4 Å². The highest BCUT2D eigenvalue weighted by atomic mass is 35.5. The van der Waals surface area contributed by atoms with Crippen molar-refractivity contribution in [2.45, 2.75) is 0 Å². The topological polar surface area (TPSA) is 48.5 Å². The zero-order chi connectivity index (χ0) is 22.2. The van der Waals surface area contributed by atoms with E-state index in [1.165, 1.54) is 0 Å². The van der Waals surface area contributed by atoms with Crippen molar-refractivity contribution in [1.82, 2.24) is 14.0 Å². The van der Waals surface area contributed by atoms with Crippen molar-refractivity contribution >= 4 is 26.6 Å². The molecule has 5 rings (SSSR count). The van der Waals surface area contributed by atoms with Crippen LogP contribution in [0.4, 0.5) is 0 Å². The van der Waals surface area contributed by atoms with Gasteiger partial charge in [-0.3, -0.25) is 9.25 Å². The molecule has 2 heterocycles. The van der Waals surface area contributed by atoms with Gasteiger partial charge in [-0.15, -0.1) is 0 Å². The molecule has 2 aromatic heterocycles. The predicted octanol–water partition coefficient (Wildman–Crippen LogP) is 5.80. The summed E-state index contributed by atoms with van der Waals surface area (Å²) in [5.41, 5.74) is 4.88. The lowest BCUT2D eigenvalue weighted by molar-refractivity contribution is 0.415. The molecule has 7 heteroatoms. The van der Waals surface area contributed by atoms with Gasteiger partial charge in [-0.2, -0.15) is 4.52 Å². The van der Waals surface area contributed by atoms with Gasteiger partial charge in [0.15, 0.2) is 5.65 Å². The number of halogens is 1. The molecule has 0 amide bonds. The number of methoxy groups -OCH3 is 1. The van der Waals surface area contributed by atoms with Gasteiger partial charge in [0.2, 0.25) is 0 Å². The van der Waals surface area contributed by atoms with Crippen molar-refractivity contribution in [3.05, 3.63) is 100 Å². The Labute approximate surface area is 192 Å². The zero-order valence-corrected chi connectivity index (χ0v) is 19.1. The van der Waals surface area contributed by atoms with E-state index in [2.05, 4.69) is 9.39 Å². The van der Waals surface area contributed by atoms with Crippen LogP contribution in [0.15, 0.2) is 89.7 Å². The second-order valence-electron chi connectivity index (χ2n) is 7.25. The third-order valence-corrected chi connectivity index (χ3v) is 6.17. The summed E-state index contributed by atoms with van der Waals surface area (Å²) >= 11 is 6.61. The summed E-state index contributed by atoms with van der Waals surface area (Å²) in [5, 5.41) is 0.160. The van der Waals surface area contributed by atoms with Crippen molar-refractivity contribution in [1.29, 1.82) is 0 Å². The van der Waals surface area contributed by atoms with Crippen LogP contribution in [0, 0.1) is 0 Å². The first-order valence-electron chi connectivity index (χ1n) is 9.97. The maximum Gasteiger partial charge on any atom is 0.282 e. The third kappa shape index (κ3) is 3.31. The number of rotatable bonds is 4. The van der Waals surface area contributed by atoms with Crippen LogP contribution in [-0.2, 0) is 0 Å². The minimum Gasteiger partial charge on any atom is -0.497 e. The van der Waals surface area contributed by atoms with Gasteiger partial charge < -0.3 is 4.74 Å². The maximum absolute atomic E-state index is 13.7. The van der Waals surface area contributed by atoms with Gasteiger partial charge in [-0.1, -0.05) is 84.4 Å². The van der Waals surface area contributed by atoms with Gasteiger partial charge in [-0.05, 0) is 32.7 Å². The van der Waals surface area contributed by atoms with Gasteiger partial charge in [0.05, 0.1) is 23.9 Å². The van der Waals surface area contributed by atoms with Gasteiger partial charge in [0, 0.05) is 5.56 Å². The Morgan fingerprint density at radius 2 is 1.38 bits per heavy atom. The van der Waals surface area contributed by atoms with Gasteiger partial charge in [0.1, 0.15) is 10.9 Å². The van der Waals surface area contributed by atoms with Crippen molar-refractivity contribution in [2.24, 2.45) is 0 Å². The summed E-state index contributed by atoms with van der Waals surface area (Å²) in [4.78, 5) is 18.4. The Balaban J connectivity index is 1.87. The van der Waals surface area contributed by atoms with E-state index in [-0.39, 0.29) is 10.7 Å². The first-order chi connectivity index (χ1) is 15.6. The van der Waals surface area contributed by atoms with Crippen LogP contribution in [0.5, 0.6) is 5.75 Å². The highest BCUT2D eigenvalue weighted by Gasteiger charge is 2.24. The molecular weight excluding hydrogens is 441 g/mol. The first kappa shape index (κ1) is 20.5. The fourth-order valence-corrected chi connectivity index (χ4v) is 4.67. The van der Waals surface area contributed by atoms with E-state index in [1.807, 2.05) is 72.8 Å². The van der Waals surface area contributed by atoms with E-state index in [4.69, 9.17) is 21.3 Å². The highest BCUT2D eigenvalue weighted by Crippen LogP contribution is 2.38. The maximum atomic E-state index is 13.7. The van der Waals surface area contributed by atoms with Crippen molar-refractivity contribution in [3.8, 4) is 39.3 Å². The molecule has 0 saturated carbocycles. The first-order valence-corrected chi connectivity index (χ1v) is 10.9. The molecule has 32 heavy (non-hydrogen) atoms. The Bertz CT molecular complexity index is 1480. The number of aromatic nitrogens is 3. The van der Waals surface area contributed by atoms with E-state index in [1.54, 1.807) is 28.2 Å². The number of nitrogens with zero attached hydrogens (tertiary/aromatic N) is 3. The molecule has 0 aliphatic rings. The molecule has 0 radical (unpaired) electrons. The van der Waals surface area contributed by atoms with Gasteiger partial charge >= 0.3 is 0 Å². The fraction of sp³-hybridized carbons (Fsp3) is 0.0400. The fourth-order valence-electron chi connectivity index (χ4n) is 3.91. The van der Waals surface area contributed by atoms with Gasteiger partial charge in [-0.25, -0.2) is 4.98 Å². The van der Waals surface area contributed by atoms with Crippen molar-refractivity contribution < 1.29 is 4.74 Å². The monoisotopic (exact) mass is 459 g/mol. The number of hydrogen-bond acceptors (Lipinski definition) is 3. The molecular formula is C25H19ClN3O2P. The Hall–Kier alpha value is -3.40. The third-order valence-electron chi connectivity index (χ3n) is 5.41. The number of fused-ring (bicyclic) bond motifs is 1. The van der Waals surface area contributed by atoms with E-state index in [0.29, 0.717) is 22.5 Å². The van der Waals surface area contributed by atoms with Gasteiger partial charge in [0.25, 0.3) is 5.56 Å². The van der Waals surface area contributed by atoms with E-state index >= 15 is 0 Å². The lowest BCUT2D eigenvalue weighted by Crippen LogP contribution is -2.20. The van der Waals surface area contributed by atoms with E-state index < -0.39 is 0 Å². The molecule has 5 nitrogen and oxygen atoms in total. The molecule has 0 N–H and O–H groups in total. The Morgan fingerprint density at radius 1 is 0.812 bits per heavy atom. The van der Waals surface area contributed by atoms with Crippen molar-refractivity contribution in [2.75, 3.05) is 7.11 Å². The lowest BCUT2D eigenvalue weighted by Gasteiger charge is -2.08. The summed E-state index contributed by atoms with van der Waals surface area (Å²) in [6.07, 6.45) is 0. The molecule has 158 valence electrons. The lowest BCUT2D eigenvalue weighted by atomic mass is 10.0. The van der Waals surface area contributed by atoms with Crippen LogP contribution in [0.25, 0.3) is 39.2 Å². The van der Waals surface area contributed by atoms with Crippen LogP contribution >= 0.6 is 21.0 Å². The molecule has 0 fully saturated rings. The quantitative estimate of drug-likeness (QED) is 0.252. The molecule has 1 atom stereocenters. The second-order valence-corrected chi connectivity index (χ2v) is 8.09. The van der Waals surface area contributed by atoms with Crippen LogP contribution < -0.4 is 10.3 Å². The summed E-state index contributed by atoms with van der Waals surface area (Å²) < 4.78 is 8.56. The Morgan fingerprint density at radius 3 is 1.97 bits per heavy atom. The molecule has 0 saturated heterocycles. The standard InChI is InChI=1S/C25H19ClN3O2P/c1-31-19-14-12-17(13-15-19)21-23(26)27-24-20(16-8-4-2-5-9-16)22(18-10-6-3-7-11-18)29(32)28(24)25(21)30/h2-15H,32H2,1H3. The normalized spacial score (nSPS) is 11.1. The van der Waals surface area contributed by atoms with Crippen LogP contribution in [0.1, 0.15) is 0 Å². The second kappa shape index (κ2) is 8.27.